The van der Waals surface area contributed by atoms with Gasteiger partial charge in [-0.05, 0) is 35.8 Å². The Balaban J connectivity index is 1.82. The lowest BCUT2D eigenvalue weighted by Gasteiger charge is -2.26. The van der Waals surface area contributed by atoms with Gasteiger partial charge < -0.3 is 4.57 Å². The molecular formula is C19H17OP. The average molecular weight is 292 g/mol. The zero-order valence-electron chi connectivity index (χ0n) is 11.8. The summed E-state index contributed by atoms with van der Waals surface area (Å²) >= 11 is 0. The Morgan fingerprint density at radius 2 is 1.24 bits per heavy atom. The van der Waals surface area contributed by atoms with Gasteiger partial charge in [-0.3, -0.25) is 0 Å². The van der Waals surface area contributed by atoms with Crippen molar-refractivity contribution in [3.05, 3.63) is 60.7 Å². The molecule has 2 aromatic carbocycles. The van der Waals surface area contributed by atoms with E-state index in [9.17, 15) is 4.57 Å². The van der Waals surface area contributed by atoms with Gasteiger partial charge in [0.15, 0.2) is 0 Å². The minimum absolute atomic E-state index is 0.308. The van der Waals surface area contributed by atoms with Crippen LogP contribution in [-0.4, -0.2) is 5.66 Å². The van der Waals surface area contributed by atoms with E-state index < -0.39 is 7.14 Å². The lowest BCUT2D eigenvalue weighted by atomic mass is 10.1. The Morgan fingerprint density at radius 3 is 1.71 bits per heavy atom. The normalized spacial score (nSPS) is 30.4. The van der Waals surface area contributed by atoms with Crippen molar-refractivity contribution in [3.8, 4) is 11.1 Å². The molecule has 2 bridgehead atoms. The molecule has 1 nitrogen and oxygen atoms in total. The van der Waals surface area contributed by atoms with E-state index in [1.165, 1.54) is 24.0 Å². The first-order valence-corrected chi connectivity index (χ1v) is 9.55. The first-order valence-electron chi connectivity index (χ1n) is 7.78. The Morgan fingerprint density at radius 1 is 0.762 bits per heavy atom. The largest absolute Gasteiger partial charge is 0.313 e. The van der Waals surface area contributed by atoms with Gasteiger partial charge in [-0.1, -0.05) is 60.7 Å². The van der Waals surface area contributed by atoms with Crippen LogP contribution in [0, 0.1) is 11.8 Å². The highest BCUT2D eigenvalue weighted by Crippen LogP contribution is 2.65. The number of hydrogen-bond donors (Lipinski definition) is 0. The molecule has 1 saturated carbocycles. The van der Waals surface area contributed by atoms with Gasteiger partial charge in [0.2, 0.25) is 0 Å². The molecule has 1 fully saturated rings. The highest BCUT2D eigenvalue weighted by atomic mass is 31.2. The summed E-state index contributed by atoms with van der Waals surface area (Å²) in [6, 6.07) is 16.7. The average Bonchev–Trinajstić information content (AvgIpc) is 3.20. The van der Waals surface area contributed by atoms with Crippen LogP contribution in [0.25, 0.3) is 11.1 Å². The number of fused-ring (bicyclic) bond motifs is 5. The first kappa shape index (κ1) is 12.0. The van der Waals surface area contributed by atoms with Crippen molar-refractivity contribution in [3.63, 3.8) is 0 Å². The van der Waals surface area contributed by atoms with E-state index in [2.05, 4.69) is 48.6 Å². The maximum Gasteiger partial charge on any atom is 0.148 e. The van der Waals surface area contributed by atoms with E-state index in [4.69, 9.17) is 0 Å². The summed E-state index contributed by atoms with van der Waals surface area (Å²) in [6.45, 7) is 0. The van der Waals surface area contributed by atoms with Crippen LogP contribution in [0.15, 0.2) is 60.7 Å². The van der Waals surface area contributed by atoms with Gasteiger partial charge in [-0.15, -0.1) is 0 Å². The molecule has 1 aliphatic heterocycles. The summed E-state index contributed by atoms with van der Waals surface area (Å²) in [7, 11) is -2.51. The van der Waals surface area contributed by atoms with Crippen LogP contribution in [-0.2, 0) is 4.57 Å². The molecule has 1 heterocycles. The first-order chi connectivity index (χ1) is 10.3. The van der Waals surface area contributed by atoms with Gasteiger partial charge in [0, 0.05) is 16.3 Å². The van der Waals surface area contributed by atoms with Crippen LogP contribution >= 0.6 is 7.14 Å². The lowest BCUT2D eigenvalue weighted by Crippen LogP contribution is -2.26. The molecule has 21 heavy (non-hydrogen) atoms. The number of hydrogen-bond acceptors (Lipinski definition) is 1. The lowest BCUT2D eigenvalue weighted by molar-refractivity contribution is 0.561. The molecule has 0 N–H and O–H groups in total. The molecule has 2 unspecified atom stereocenters. The molecule has 2 aromatic rings. The SMILES string of the molecule is O=P1(C2C3C=CC2CC3)c2ccccc2-c2ccccc21. The van der Waals surface area contributed by atoms with Crippen LogP contribution < -0.4 is 10.6 Å². The van der Waals surface area contributed by atoms with E-state index in [1.807, 2.05) is 12.1 Å². The van der Waals surface area contributed by atoms with Crippen molar-refractivity contribution in [2.75, 3.05) is 0 Å². The molecule has 3 aliphatic rings. The van der Waals surface area contributed by atoms with E-state index in [-0.39, 0.29) is 0 Å². The fraction of sp³-hybridized carbons (Fsp3) is 0.263. The van der Waals surface area contributed by atoms with Crippen LogP contribution in [0.3, 0.4) is 0 Å². The smallest absolute Gasteiger partial charge is 0.148 e. The second kappa shape index (κ2) is 3.99. The van der Waals surface area contributed by atoms with Gasteiger partial charge in [-0.2, -0.15) is 0 Å². The molecule has 0 spiro atoms. The third-order valence-corrected chi connectivity index (χ3v) is 9.37. The summed E-state index contributed by atoms with van der Waals surface area (Å²) in [4.78, 5) is 0. The molecule has 0 amide bonds. The molecule has 2 aliphatic carbocycles. The molecule has 0 saturated heterocycles. The van der Waals surface area contributed by atoms with Crippen LogP contribution in [0.1, 0.15) is 12.8 Å². The molecule has 2 atom stereocenters. The van der Waals surface area contributed by atoms with Crippen molar-refractivity contribution < 1.29 is 4.57 Å². The summed E-state index contributed by atoms with van der Waals surface area (Å²) < 4.78 is 14.3. The summed E-state index contributed by atoms with van der Waals surface area (Å²) in [5, 5.41) is 2.22. The highest BCUT2D eigenvalue weighted by molar-refractivity contribution is 7.80. The summed E-state index contributed by atoms with van der Waals surface area (Å²) in [5.74, 6) is 1.03. The highest BCUT2D eigenvalue weighted by Gasteiger charge is 2.53. The maximum atomic E-state index is 14.3. The molecular weight excluding hydrogens is 275 g/mol. The number of rotatable bonds is 1. The van der Waals surface area contributed by atoms with Crippen LogP contribution in [0.2, 0.25) is 0 Å². The number of allylic oxidation sites excluding steroid dienone is 2. The molecule has 0 radical (unpaired) electrons. The van der Waals surface area contributed by atoms with Gasteiger partial charge in [0.25, 0.3) is 0 Å². The molecule has 104 valence electrons. The van der Waals surface area contributed by atoms with E-state index >= 15 is 0 Å². The minimum atomic E-state index is -2.51. The van der Waals surface area contributed by atoms with Gasteiger partial charge in [0.1, 0.15) is 7.14 Å². The summed E-state index contributed by atoms with van der Waals surface area (Å²) in [6.07, 6.45) is 7.06. The van der Waals surface area contributed by atoms with Crippen LogP contribution in [0.4, 0.5) is 0 Å². The van der Waals surface area contributed by atoms with Crippen molar-refractivity contribution >= 4 is 17.8 Å². The van der Waals surface area contributed by atoms with E-state index in [0.717, 1.165) is 10.6 Å². The molecule has 2 heteroatoms. The van der Waals surface area contributed by atoms with Crippen molar-refractivity contribution in [2.24, 2.45) is 11.8 Å². The van der Waals surface area contributed by atoms with Crippen LogP contribution in [0.5, 0.6) is 0 Å². The van der Waals surface area contributed by atoms with Gasteiger partial charge in [0.05, 0.1) is 0 Å². The molecule has 0 aromatic heterocycles. The quantitative estimate of drug-likeness (QED) is 0.574. The fourth-order valence-electron chi connectivity index (χ4n) is 4.72. The Bertz CT molecular complexity index is 756. The Labute approximate surface area is 125 Å². The monoisotopic (exact) mass is 292 g/mol. The van der Waals surface area contributed by atoms with Crippen molar-refractivity contribution in [2.45, 2.75) is 18.5 Å². The topological polar surface area (TPSA) is 17.1 Å². The van der Waals surface area contributed by atoms with Crippen molar-refractivity contribution in [1.29, 1.82) is 0 Å². The standard InChI is InChI=1S/C19H17OP/c20-21(19-13-9-10-14(19)12-11-13)17-7-3-1-5-15(17)16-6-2-4-8-18(16)21/h1-10,13-14,19H,11-12H2. The summed E-state index contributed by atoms with van der Waals surface area (Å²) in [5.41, 5.74) is 2.70. The third-order valence-electron chi connectivity index (χ3n) is 5.55. The predicted molar refractivity (Wildman–Crippen MR) is 87.9 cm³/mol. The maximum absolute atomic E-state index is 14.3. The zero-order chi connectivity index (χ0) is 14.0. The number of benzene rings is 2. The molecule has 5 rings (SSSR count). The van der Waals surface area contributed by atoms with Gasteiger partial charge >= 0.3 is 0 Å². The predicted octanol–water partition coefficient (Wildman–Crippen LogP) is 3.95. The minimum Gasteiger partial charge on any atom is -0.313 e. The second-order valence-corrected chi connectivity index (χ2v) is 9.35. The third kappa shape index (κ3) is 1.36. The van der Waals surface area contributed by atoms with Crippen molar-refractivity contribution in [1.82, 2.24) is 0 Å². The van der Waals surface area contributed by atoms with Gasteiger partial charge in [-0.25, -0.2) is 0 Å². The fourth-order valence-corrected chi connectivity index (χ4v) is 8.92. The zero-order valence-corrected chi connectivity index (χ0v) is 12.7. The van der Waals surface area contributed by atoms with E-state index in [0.29, 0.717) is 17.5 Å². The second-order valence-electron chi connectivity index (χ2n) is 6.47. The Kier molecular flexibility index (Phi) is 2.28. The van der Waals surface area contributed by atoms with E-state index in [1.54, 1.807) is 0 Å². The Hall–Kier alpha value is -1.59.